The Morgan fingerprint density at radius 1 is 1.20 bits per heavy atom. The molecule has 0 spiro atoms. The van der Waals surface area contributed by atoms with E-state index in [0.29, 0.717) is 18.8 Å². The first-order valence-corrected chi connectivity index (χ1v) is 6.69. The summed E-state index contributed by atoms with van der Waals surface area (Å²) in [4.78, 5) is 0. The summed E-state index contributed by atoms with van der Waals surface area (Å²) >= 11 is 0. The number of aryl methyl sites for hydroxylation is 2. The van der Waals surface area contributed by atoms with Crippen LogP contribution in [0, 0.1) is 13.8 Å². The maximum absolute atomic E-state index is 9.82. The maximum Gasteiger partial charge on any atom is 0.119 e. The molecule has 1 heterocycles. The first-order chi connectivity index (χ1) is 9.34. The van der Waals surface area contributed by atoms with Crippen LogP contribution in [0.1, 0.15) is 30.7 Å². The Morgan fingerprint density at radius 3 is 2.40 bits per heavy atom. The van der Waals surface area contributed by atoms with E-state index >= 15 is 0 Å². The van der Waals surface area contributed by atoms with Crippen molar-refractivity contribution < 1.29 is 9.84 Å². The van der Waals surface area contributed by atoms with Gasteiger partial charge in [-0.05, 0) is 51.0 Å². The fraction of sp³-hybridized carbons (Fsp3) is 0.467. The average Bonchev–Trinajstić information content (AvgIpc) is 2.76. The monoisotopic (exact) mass is 275 g/mol. The lowest BCUT2D eigenvalue weighted by atomic mass is 10.1. The summed E-state index contributed by atoms with van der Waals surface area (Å²) in [7, 11) is 0. The third kappa shape index (κ3) is 3.81. The van der Waals surface area contributed by atoms with Crippen LogP contribution in [0.3, 0.4) is 0 Å². The minimum absolute atomic E-state index is 0.511. The first kappa shape index (κ1) is 14.5. The summed E-state index contributed by atoms with van der Waals surface area (Å²) in [6, 6.07) is 6.13. The van der Waals surface area contributed by atoms with Crippen LogP contribution in [-0.4, -0.2) is 26.7 Å². The van der Waals surface area contributed by atoms with Crippen molar-refractivity contribution in [3.8, 4) is 5.75 Å². The van der Waals surface area contributed by atoms with Gasteiger partial charge in [-0.3, -0.25) is 0 Å². The third-order valence-electron chi connectivity index (χ3n) is 2.95. The van der Waals surface area contributed by atoms with Gasteiger partial charge >= 0.3 is 0 Å². The second-order valence-electron chi connectivity index (χ2n) is 5.60. The maximum atomic E-state index is 9.82. The predicted octanol–water partition coefficient (Wildman–Crippen LogP) is 2.20. The zero-order valence-corrected chi connectivity index (χ0v) is 12.4. The Balaban J connectivity index is 1.91. The summed E-state index contributed by atoms with van der Waals surface area (Å²) in [6.45, 7) is 8.58. The molecule has 2 rings (SSSR count). The van der Waals surface area contributed by atoms with Gasteiger partial charge in [-0.25, -0.2) is 4.68 Å². The highest BCUT2D eigenvalue weighted by Crippen LogP contribution is 2.17. The van der Waals surface area contributed by atoms with Crippen molar-refractivity contribution in [2.45, 2.75) is 39.8 Å². The summed E-state index contributed by atoms with van der Waals surface area (Å²) in [6.07, 6.45) is 1.74. The summed E-state index contributed by atoms with van der Waals surface area (Å²) in [5.74, 6) is 0.866. The number of ether oxygens (including phenoxy) is 1. The van der Waals surface area contributed by atoms with E-state index in [9.17, 15) is 5.11 Å². The topological polar surface area (TPSA) is 60.2 Å². The molecule has 20 heavy (non-hydrogen) atoms. The van der Waals surface area contributed by atoms with E-state index in [1.165, 1.54) is 11.1 Å². The van der Waals surface area contributed by atoms with E-state index in [1.54, 1.807) is 24.7 Å². The Kier molecular flexibility index (Phi) is 4.09. The van der Waals surface area contributed by atoms with Crippen LogP contribution in [-0.2, 0) is 12.1 Å². The number of rotatable bonds is 5. The van der Waals surface area contributed by atoms with Gasteiger partial charge in [0.25, 0.3) is 0 Å². The van der Waals surface area contributed by atoms with Crippen molar-refractivity contribution in [2.24, 2.45) is 0 Å². The molecule has 0 aliphatic rings. The highest BCUT2D eigenvalue weighted by atomic mass is 16.5. The number of hydrogen-bond acceptors (Lipinski definition) is 4. The number of benzene rings is 1. The van der Waals surface area contributed by atoms with E-state index in [-0.39, 0.29) is 0 Å². The third-order valence-corrected chi connectivity index (χ3v) is 2.95. The molecule has 0 unspecified atom stereocenters. The van der Waals surface area contributed by atoms with Crippen molar-refractivity contribution in [3.63, 3.8) is 0 Å². The van der Waals surface area contributed by atoms with Gasteiger partial charge in [0, 0.05) is 0 Å². The zero-order valence-electron chi connectivity index (χ0n) is 12.4. The quantitative estimate of drug-likeness (QED) is 0.908. The van der Waals surface area contributed by atoms with Gasteiger partial charge < -0.3 is 9.84 Å². The summed E-state index contributed by atoms with van der Waals surface area (Å²) in [5.41, 5.74) is 1.96. The van der Waals surface area contributed by atoms with Gasteiger partial charge in [-0.1, -0.05) is 11.3 Å². The Bertz CT molecular complexity index is 565. The number of aliphatic hydroxyl groups is 1. The van der Waals surface area contributed by atoms with E-state index in [0.717, 1.165) is 5.75 Å². The van der Waals surface area contributed by atoms with Crippen LogP contribution in [0.25, 0.3) is 0 Å². The molecule has 2 aromatic rings. The van der Waals surface area contributed by atoms with Crippen LogP contribution >= 0.6 is 0 Å². The zero-order chi connectivity index (χ0) is 14.8. The van der Waals surface area contributed by atoms with Crippen molar-refractivity contribution >= 4 is 0 Å². The fourth-order valence-electron chi connectivity index (χ4n) is 1.96. The lowest BCUT2D eigenvalue weighted by Gasteiger charge is -2.12. The van der Waals surface area contributed by atoms with Crippen LogP contribution in [0.5, 0.6) is 5.75 Å². The minimum atomic E-state index is -0.966. The van der Waals surface area contributed by atoms with Gasteiger partial charge in [0.15, 0.2) is 0 Å². The Hall–Kier alpha value is -1.88. The SMILES string of the molecule is Cc1cc(C)cc(OCCn2cc(C(C)(C)O)nn2)c1. The second kappa shape index (κ2) is 5.63. The number of nitrogens with zero attached hydrogens (tertiary/aromatic N) is 3. The van der Waals surface area contributed by atoms with Crippen LogP contribution in [0.4, 0.5) is 0 Å². The number of aromatic nitrogens is 3. The van der Waals surface area contributed by atoms with E-state index in [2.05, 4.69) is 16.4 Å². The second-order valence-corrected chi connectivity index (χ2v) is 5.60. The molecule has 1 N–H and O–H groups in total. The lowest BCUT2D eigenvalue weighted by molar-refractivity contribution is 0.0737. The molecule has 0 atom stereocenters. The molecule has 0 bridgehead atoms. The lowest BCUT2D eigenvalue weighted by Crippen LogP contribution is -2.16. The molecule has 0 radical (unpaired) electrons. The molecule has 0 amide bonds. The van der Waals surface area contributed by atoms with E-state index in [1.807, 2.05) is 26.0 Å². The fourth-order valence-corrected chi connectivity index (χ4v) is 1.96. The van der Waals surface area contributed by atoms with Crippen molar-refractivity contribution in [2.75, 3.05) is 6.61 Å². The average molecular weight is 275 g/mol. The molecule has 1 aromatic heterocycles. The molecule has 108 valence electrons. The molecule has 0 saturated carbocycles. The van der Waals surface area contributed by atoms with Crippen LogP contribution < -0.4 is 4.74 Å². The standard InChI is InChI=1S/C15H21N3O2/c1-11-7-12(2)9-13(8-11)20-6-5-18-10-14(16-17-18)15(3,4)19/h7-10,19H,5-6H2,1-4H3. The molecule has 0 aliphatic carbocycles. The molecule has 0 aliphatic heterocycles. The minimum Gasteiger partial charge on any atom is -0.492 e. The molecular formula is C15H21N3O2. The van der Waals surface area contributed by atoms with Gasteiger partial charge in [0.05, 0.1) is 12.7 Å². The number of hydrogen-bond donors (Lipinski definition) is 1. The van der Waals surface area contributed by atoms with Crippen molar-refractivity contribution in [1.82, 2.24) is 15.0 Å². The molecule has 0 saturated heterocycles. The van der Waals surface area contributed by atoms with Crippen LogP contribution in [0.2, 0.25) is 0 Å². The van der Waals surface area contributed by atoms with Gasteiger partial charge in [0.1, 0.15) is 23.7 Å². The van der Waals surface area contributed by atoms with Gasteiger partial charge in [-0.2, -0.15) is 0 Å². The van der Waals surface area contributed by atoms with Crippen molar-refractivity contribution in [1.29, 1.82) is 0 Å². The summed E-state index contributed by atoms with van der Waals surface area (Å²) in [5, 5.41) is 17.7. The molecule has 0 fully saturated rings. The van der Waals surface area contributed by atoms with E-state index in [4.69, 9.17) is 4.74 Å². The summed E-state index contributed by atoms with van der Waals surface area (Å²) < 4.78 is 7.39. The highest BCUT2D eigenvalue weighted by Gasteiger charge is 2.19. The Labute approximate surface area is 119 Å². The molecule has 1 aromatic carbocycles. The smallest absolute Gasteiger partial charge is 0.119 e. The predicted molar refractivity (Wildman–Crippen MR) is 76.7 cm³/mol. The normalized spacial score (nSPS) is 11.7. The van der Waals surface area contributed by atoms with Crippen LogP contribution in [0.15, 0.2) is 24.4 Å². The first-order valence-electron chi connectivity index (χ1n) is 6.69. The molecule has 5 nitrogen and oxygen atoms in total. The molecule has 5 heteroatoms. The largest absolute Gasteiger partial charge is 0.492 e. The highest BCUT2D eigenvalue weighted by molar-refractivity contribution is 5.32. The molecular weight excluding hydrogens is 254 g/mol. The van der Waals surface area contributed by atoms with Crippen molar-refractivity contribution in [3.05, 3.63) is 41.2 Å². The van der Waals surface area contributed by atoms with Gasteiger partial charge in [-0.15, -0.1) is 5.10 Å². The Morgan fingerprint density at radius 2 is 1.85 bits per heavy atom. The van der Waals surface area contributed by atoms with Gasteiger partial charge in [0.2, 0.25) is 0 Å². The van der Waals surface area contributed by atoms with E-state index < -0.39 is 5.60 Å².